The second-order valence-electron chi connectivity index (χ2n) is 5.79. The van der Waals surface area contributed by atoms with Crippen molar-refractivity contribution in [3.05, 3.63) is 53.4 Å². The van der Waals surface area contributed by atoms with Crippen molar-refractivity contribution in [1.82, 2.24) is 4.98 Å². The van der Waals surface area contributed by atoms with Crippen LogP contribution < -0.4 is 4.74 Å². The Hall–Kier alpha value is -2.29. The van der Waals surface area contributed by atoms with Crippen LogP contribution in [0, 0.1) is 13.8 Å². The molecule has 0 spiro atoms. The molecule has 0 aliphatic heterocycles. The van der Waals surface area contributed by atoms with Gasteiger partial charge < -0.3 is 9.15 Å². The first-order valence-corrected chi connectivity index (χ1v) is 7.17. The van der Waals surface area contributed by atoms with Crippen LogP contribution in [0.2, 0.25) is 0 Å². The van der Waals surface area contributed by atoms with Gasteiger partial charge in [-0.3, -0.25) is 0 Å². The van der Waals surface area contributed by atoms with Crippen molar-refractivity contribution < 1.29 is 9.15 Å². The summed E-state index contributed by atoms with van der Waals surface area (Å²) < 4.78 is 11.6. The summed E-state index contributed by atoms with van der Waals surface area (Å²) in [5, 5.41) is 1.02. The molecule has 2 heterocycles. The normalized spacial score (nSPS) is 11.3. The van der Waals surface area contributed by atoms with Gasteiger partial charge in [0.2, 0.25) is 5.88 Å². The third-order valence-corrected chi connectivity index (χ3v) is 3.38. The molecule has 0 aliphatic carbocycles. The fourth-order valence-electron chi connectivity index (χ4n) is 2.40. The van der Waals surface area contributed by atoms with Gasteiger partial charge in [0.25, 0.3) is 0 Å². The van der Waals surface area contributed by atoms with Gasteiger partial charge in [-0.05, 0) is 43.2 Å². The highest BCUT2D eigenvalue weighted by atomic mass is 16.5. The minimum absolute atomic E-state index is 0.362. The molecule has 2 aromatic heterocycles. The van der Waals surface area contributed by atoms with E-state index in [1.807, 2.05) is 18.2 Å². The van der Waals surface area contributed by atoms with Gasteiger partial charge in [0.05, 0.1) is 6.20 Å². The molecule has 3 nitrogen and oxygen atoms in total. The Morgan fingerprint density at radius 1 is 1.00 bits per heavy atom. The number of ether oxygens (including phenoxy) is 1. The molecular formula is C18H19NO2. The van der Waals surface area contributed by atoms with Crippen molar-refractivity contribution >= 4 is 11.0 Å². The standard InChI is InChI=1S/C18H19NO2/c1-11(2)16-8-14-9-18(19-10-17(14)21-16)20-15-6-12(3)5-13(4)7-15/h5-11H,1-4H3. The third kappa shape index (κ3) is 2.92. The van der Waals surface area contributed by atoms with E-state index in [-0.39, 0.29) is 0 Å². The Labute approximate surface area is 124 Å². The maximum absolute atomic E-state index is 5.87. The average Bonchev–Trinajstić information content (AvgIpc) is 2.80. The molecule has 0 fully saturated rings. The molecule has 1 aromatic carbocycles. The zero-order valence-corrected chi connectivity index (χ0v) is 12.8. The molecule has 0 aliphatic rings. The Bertz CT molecular complexity index is 767. The highest BCUT2D eigenvalue weighted by Gasteiger charge is 2.09. The van der Waals surface area contributed by atoms with Crippen LogP contribution in [0.25, 0.3) is 11.0 Å². The van der Waals surface area contributed by atoms with Crippen molar-refractivity contribution in [3.63, 3.8) is 0 Å². The largest absolute Gasteiger partial charge is 0.459 e. The van der Waals surface area contributed by atoms with Crippen molar-refractivity contribution in [2.75, 3.05) is 0 Å². The fraction of sp³-hybridized carbons (Fsp3) is 0.278. The van der Waals surface area contributed by atoms with Crippen LogP contribution in [-0.4, -0.2) is 4.98 Å². The molecule has 3 rings (SSSR count). The van der Waals surface area contributed by atoms with E-state index in [2.05, 4.69) is 44.8 Å². The van der Waals surface area contributed by atoms with Gasteiger partial charge >= 0.3 is 0 Å². The summed E-state index contributed by atoms with van der Waals surface area (Å²) in [7, 11) is 0. The number of aryl methyl sites for hydroxylation is 2. The summed E-state index contributed by atoms with van der Waals surface area (Å²) in [5.41, 5.74) is 3.15. The summed E-state index contributed by atoms with van der Waals surface area (Å²) >= 11 is 0. The lowest BCUT2D eigenvalue weighted by Crippen LogP contribution is -1.89. The van der Waals surface area contributed by atoms with Crippen LogP contribution >= 0.6 is 0 Å². The van der Waals surface area contributed by atoms with Gasteiger partial charge in [0.1, 0.15) is 11.5 Å². The molecular weight excluding hydrogens is 262 g/mol. The van der Waals surface area contributed by atoms with E-state index >= 15 is 0 Å². The van der Waals surface area contributed by atoms with E-state index in [1.54, 1.807) is 6.20 Å². The maximum atomic E-state index is 5.87. The predicted molar refractivity (Wildman–Crippen MR) is 84.1 cm³/mol. The number of aromatic nitrogens is 1. The van der Waals surface area contributed by atoms with Gasteiger partial charge in [-0.1, -0.05) is 19.9 Å². The van der Waals surface area contributed by atoms with Crippen LogP contribution in [0.3, 0.4) is 0 Å². The molecule has 0 saturated carbocycles. The maximum Gasteiger partial charge on any atom is 0.220 e. The second kappa shape index (κ2) is 5.24. The van der Waals surface area contributed by atoms with Crippen LogP contribution in [0.5, 0.6) is 11.6 Å². The number of hydrogen-bond acceptors (Lipinski definition) is 3. The number of furan rings is 1. The van der Waals surface area contributed by atoms with E-state index in [4.69, 9.17) is 9.15 Å². The van der Waals surface area contributed by atoms with E-state index in [0.29, 0.717) is 11.8 Å². The monoisotopic (exact) mass is 281 g/mol. The van der Waals surface area contributed by atoms with Crippen molar-refractivity contribution in [2.45, 2.75) is 33.6 Å². The number of hydrogen-bond donors (Lipinski definition) is 0. The van der Waals surface area contributed by atoms with Gasteiger partial charge in [-0.25, -0.2) is 4.98 Å². The third-order valence-electron chi connectivity index (χ3n) is 3.38. The molecule has 108 valence electrons. The summed E-state index contributed by atoms with van der Waals surface area (Å²) in [5.74, 6) is 2.73. The molecule has 0 saturated heterocycles. The van der Waals surface area contributed by atoms with Crippen LogP contribution in [-0.2, 0) is 0 Å². The van der Waals surface area contributed by atoms with Crippen molar-refractivity contribution in [1.29, 1.82) is 0 Å². The number of rotatable bonds is 3. The van der Waals surface area contributed by atoms with E-state index in [0.717, 1.165) is 22.5 Å². The SMILES string of the molecule is Cc1cc(C)cc(Oc2cc3cc(C(C)C)oc3cn2)c1. The second-order valence-corrected chi connectivity index (χ2v) is 5.79. The summed E-state index contributed by atoms with van der Waals surface area (Å²) in [6.45, 7) is 8.33. The minimum atomic E-state index is 0.362. The van der Waals surface area contributed by atoms with Gasteiger partial charge in [0, 0.05) is 17.4 Å². The molecule has 3 heteroatoms. The predicted octanol–water partition coefficient (Wildman–Crippen LogP) is 5.36. The Morgan fingerprint density at radius 3 is 2.38 bits per heavy atom. The fourth-order valence-corrected chi connectivity index (χ4v) is 2.40. The molecule has 21 heavy (non-hydrogen) atoms. The summed E-state index contributed by atoms with van der Waals surface area (Å²) in [4.78, 5) is 4.32. The Balaban J connectivity index is 1.93. The highest BCUT2D eigenvalue weighted by Crippen LogP contribution is 2.28. The zero-order valence-electron chi connectivity index (χ0n) is 12.8. The van der Waals surface area contributed by atoms with Crippen LogP contribution in [0.15, 0.2) is 40.9 Å². The average molecular weight is 281 g/mol. The summed E-state index contributed by atoms with van der Waals surface area (Å²) in [6.07, 6.45) is 1.72. The lowest BCUT2D eigenvalue weighted by molar-refractivity contribution is 0.462. The first kappa shape index (κ1) is 13.7. The first-order valence-electron chi connectivity index (χ1n) is 7.17. The van der Waals surface area contributed by atoms with E-state index in [9.17, 15) is 0 Å². The Morgan fingerprint density at radius 2 is 1.71 bits per heavy atom. The number of benzene rings is 1. The highest BCUT2D eigenvalue weighted by molar-refractivity contribution is 5.78. The lowest BCUT2D eigenvalue weighted by Gasteiger charge is -2.06. The number of nitrogens with zero attached hydrogens (tertiary/aromatic N) is 1. The quantitative estimate of drug-likeness (QED) is 0.648. The minimum Gasteiger partial charge on any atom is -0.459 e. The van der Waals surface area contributed by atoms with E-state index < -0.39 is 0 Å². The Kier molecular flexibility index (Phi) is 3.42. The molecule has 0 amide bonds. The van der Waals surface area contributed by atoms with Crippen molar-refractivity contribution in [3.8, 4) is 11.6 Å². The van der Waals surface area contributed by atoms with Gasteiger partial charge in [-0.15, -0.1) is 0 Å². The van der Waals surface area contributed by atoms with Crippen molar-refractivity contribution in [2.24, 2.45) is 0 Å². The van der Waals surface area contributed by atoms with Crippen LogP contribution in [0.4, 0.5) is 0 Å². The zero-order chi connectivity index (χ0) is 15.0. The van der Waals surface area contributed by atoms with Gasteiger partial charge in [0.15, 0.2) is 5.58 Å². The lowest BCUT2D eigenvalue weighted by atomic mass is 10.1. The molecule has 0 radical (unpaired) electrons. The van der Waals surface area contributed by atoms with E-state index in [1.165, 1.54) is 11.1 Å². The van der Waals surface area contributed by atoms with Crippen LogP contribution in [0.1, 0.15) is 36.7 Å². The molecule has 0 unspecified atom stereocenters. The molecule has 0 bridgehead atoms. The summed E-state index contributed by atoms with van der Waals surface area (Å²) in [6, 6.07) is 10.1. The topological polar surface area (TPSA) is 35.3 Å². The molecule has 0 atom stereocenters. The first-order chi connectivity index (χ1) is 10.0. The van der Waals surface area contributed by atoms with Gasteiger partial charge in [-0.2, -0.15) is 0 Å². The smallest absolute Gasteiger partial charge is 0.220 e. The number of fused-ring (bicyclic) bond motifs is 1. The number of pyridine rings is 1. The molecule has 0 N–H and O–H groups in total. The molecule has 3 aromatic rings.